The van der Waals surface area contributed by atoms with Crippen molar-refractivity contribution in [2.45, 2.75) is 17.7 Å². The van der Waals surface area contributed by atoms with Crippen LogP contribution in [0, 0.1) is 12.7 Å². The van der Waals surface area contributed by atoms with Crippen LogP contribution in [0.2, 0.25) is 0 Å². The summed E-state index contributed by atoms with van der Waals surface area (Å²) in [4.78, 5) is 12.5. The maximum absolute atomic E-state index is 13.3. The van der Waals surface area contributed by atoms with Gasteiger partial charge in [-0.15, -0.1) is 11.3 Å². The Morgan fingerprint density at radius 1 is 1.07 bits per heavy atom. The van der Waals surface area contributed by atoms with E-state index in [2.05, 4.69) is 5.32 Å². The quantitative estimate of drug-likeness (QED) is 0.636. The van der Waals surface area contributed by atoms with Crippen LogP contribution in [0.1, 0.15) is 11.1 Å². The summed E-state index contributed by atoms with van der Waals surface area (Å²) < 4.78 is 40.4. The number of halogens is 1. The van der Waals surface area contributed by atoms with Gasteiger partial charge < -0.3 is 5.32 Å². The molecule has 0 unspecified atom stereocenters. The minimum absolute atomic E-state index is 0.114. The lowest BCUT2D eigenvalue weighted by molar-refractivity contribution is -0.119. The van der Waals surface area contributed by atoms with E-state index in [1.165, 1.54) is 18.2 Å². The number of sulfonamides is 1. The molecule has 1 N–H and O–H groups in total. The van der Waals surface area contributed by atoms with E-state index >= 15 is 0 Å². The molecule has 28 heavy (non-hydrogen) atoms. The number of carbonyl (C=O) groups excluding carboxylic acids is 1. The number of hydrogen-bond acceptors (Lipinski definition) is 4. The fourth-order valence-corrected chi connectivity index (χ4v) is 5.16. The van der Waals surface area contributed by atoms with Gasteiger partial charge in [-0.3, -0.25) is 9.10 Å². The van der Waals surface area contributed by atoms with Crippen LogP contribution in [0.25, 0.3) is 0 Å². The molecule has 0 saturated heterocycles. The molecule has 8 heteroatoms. The lowest BCUT2D eigenvalue weighted by Crippen LogP contribution is -2.40. The number of hydrogen-bond donors (Lipinski definition) is 1. The molecule has 1 amide bonds. The van der Waals surface area contributed by atoms with E-state index in [9.17, 15) is 17.6 Å². The van der Waals surface area contributed by atoms with Crippen LogP contribution in [-0.4, -0.2) is 20.9 Å². The Labute approximate surface area is 167 Å². The predicted octanol–water partition coefficient (Wildman–Crippen LogP) is 3.71. The van der Waals surface area contributed by atoms with Gasteiger partial charge in [0.25, 0.3) is 10.0 Å². The molecule has 0 aliphatic rings. The molecule has 3 aromatic rings. The maximum atomic E-state index is 13.3. The van der Waals surface area contributed by atoms with Gasteiger partial charge in [0.05, 0.1) is 5.69 Å². The normalized spacial score (nSPS) is 11.2. The van der Waals surface area contributed by atoms with Gasteiger partial charge in [0.1, 0.15) is 16.6 Å². The average Bonchev–Trinajstić information content (AvgIpc) is 3.22. The highest BCUT2D eigenvalue weighted by Gasteiger charge is 2.28. The smallest absolute Gasteiger partial charge is 0.274 e. The van der Waals surface area contributed by atoms with Gasteiger partial charge in [0.15, 0.2) is 0 Å². The summed E-state index contributed by atoms with van der Waals surface area (Å²) in [5.41, 5.74) is 2.20. The number of aryl methyl sites for hydroxylation is 1. The van der Waals surface area contributed by atoms with Crippen molar-refractivity contribution >= 4 is 33.0 Å². The number of thiophene rings is 1. The molecular formula is C20H19FN2O3S2. The molecule has 0 aliphatic heterocycles. The second-order valence-electron chi connectivity index (χ2n) is 6.12. The molecule has 0 fully saturated rings. The van der Waals surface area contributed by atoms with Gasteiger partial charge >= 0.3 is 0 Å². The molecule has 146 valence electrons. The van der Waals surface area contributed by atoms with Crippen LogP contribution in [0.4, 0.5) is 10.1 Å². The van der Waals surface area contributed by atoms with Gasteiger partial charge in [0, 0.05) is 6.54 Å². The van der Waals surface area contributed by atoms with Crippen molar-refractivity contribution in [2.24, 2.45) is 0 Å². The number of amides is 1. The monoisotopic (exact) mass is 418 g/mol. The molecule has 1 aromatic heterocycles. The molecule has 3 rings (SSSR count). The first-order chi connectivity index (χ1) is 13.4. The fourth-order valence-electron chi connectivity index (χ4n) is 2.63. The first-order valence-corrected chi connectivity index (χ1v) is 10.8. The predicted molar refractivity (Wildman–Crippen MR) is 108 cm³/mol. The van der Waals surface area contributed by atoms with Crippen molar-refractivity contribution in [3.05, 3.63) is 83.0 Å². The lowest BCUT2D eigenvalue weighted by atomic mass is 10.1. The van der Waals surface area contributed by atoms with Gasteiger partial charge in [-0.2, -0.15) is 0 Å². The summed E-state index contributed by atoms with van der Waals surface area (Å²) in [6.07, 6.45) is 0. The molecule has 0 spiro atoms. The third kappa shape index (κ3) is 4.58. The van der Waals surface area contributed by atoms with E-state index in [1.54, 1.807) is 11.4 Å². The summed E-state index contributed by atoms with van der Waals surface area (Å²) in [7, 11) is -3.94. The first-order valence-electron chi connectivity index (χ1n) is 8.51. The van der Waals surface area contributed by atoms with Crippen molar-refractivity contribution < 1.29 is 17.6 Å². The number of carbonyl (C=O) groups is 1. The van der Waals surface area contributed by atoms with Gasteiger partial charge in [0.2, 0.25) is 5.91 Å². The van der Waals surface area contributed by atoms with Crippen LogP contribution < -0.4 is 9.62 Å². The van der Waals surface area contributed by atoms with E-state index in [0.29, 0.717) is 6.54 Å². The summed E-state index contributed by atoms with van der Waals surface area (Å²) in [6.45, 7) is 1.83. The molecule has 0 saturated carbocycles. The summed E-state index contributed by atoms with van der Waals surface area (Å²) in [5.74, 6) is -0.936. The number of anilines is 1. The minimum atomic E-state index is -3.94. The molecule has 0 atom stereocenters. The van der Waals surface area contributed by atoms with Crippen molar-refractivity contribution in [3.63, 3.8) is 0 Å². The Balaban J connectivity index is 1.82. The van der Waals surface area contributed by atoms with Crippen LogP contribution in [0.15, 0.2) is 70.3 Å². The number of benzene rings is 2. The Morgan fingerprint density at radius 3 is 2.43 bits per heavy atom. The number of rotatable bonds is 7. The van der Waals surface area contributed by atoms with Crippen LogP contribution in [-0.2, 0) is 21.4 Å². The first kappa shape index (κ1) is 20.0. The van der Waals surface area contributed by atoms with E-state index < -0.39 is 28.3 Å². The second-order valence-corrected chi connectivity index (χ2v) is 9.16. The third-order valence-corrected chi connectivity index (χ3v) is 7.33. The van der Waals surface area contributed by atoms with Crippen LogP contribution >= 0.6 is 11.3 Å². The van der Waals surface area contributed by atoms with Gasteiger partial charge in [-0.05, 0) is 53.8 Å². The van der Waals surface area contributed by atoms with Crippen LogP contribution in [0.5, 0.6) is 0 Å². The van der Waals surface area contributed by atoms with E-state index in [0.717, 1.165) is 38.9 Å². The summed E-state index contributed by atoms with van der Waals surface area (Å²) in [5, 5.41) is 4.40. The lowest BCUT2D eigenvalue weighted by Gasteiger charge is -2.23. The van der Waals surface area contributed by atoms with Gasteiger partial charge in [-0.25, -0.2) is 12.8 Å². The highest BCUT2D eigenvalue weighted by molar-refractivity contribution is 7.94. The molecule has 0 bridgehead atoms. The zero-order chi connectivity index (χ0) is 20.1. The maximum Gasteiger partial charge on any atom is 0.274 e. The fraction of sp³-hybridized carbons (Fsp3) is 0.150. The highest BCUT2D eigenvalue weighted by Crippen LogP contribution is 2.26. The molecule has 2 aromatic carbocycles. The molecule has 0 aliphatic carbocycles. The van der Waals surface area contributed by atoms with Crippen molar-refractivity contribution in [1.29, 1.82) is 0 Å². The van der Waals surface area contributed by atoms with E-state index in [4.69, 9.17) is 0 Å². The Kier molecular flexibility index (Phi) is 6.11. The molecule has 1 heterocycles. The topological polar surface area (TPSA) is 66.5 Å². The largest absolute Gasteiger partial charge is 0.350 e. The molecule has 0 radical (unpaired) electrons. The Hall–Kier alpha value is -2.71. The van der Waals surface area contributed by atoms with E-state index in [-0.39, 0.29) is 9.90 Å². The Morgan fingerprint density at radius 2 is 1.79 bits per heavy atom. The number of nitrogens with one attached hydrogen (secondary N) is 1. The second kappa shape index (κ2) is 8.53. The zero-order valence-corrected chi connectivity index (χ0v) is 16.8. The zero-order valence-electron chi connectivity index (χ0n) is 15.1. The van der Waals surface area contributed by atoms with E-state index in [1.807, 2.05) is 31.2 Å². The molecule has 5 nitrogen and oxygen atoms in total. The van der Waals surface area contributed by atoms with Crippen LogP contribution in [0.3, 0.4) is 0 Å². The van der Waals surface area contributed by atoms with Gasteiger partial charge in [-0.1, -0.05) is 30.3 Å². The van der Waals surface area contributed by atoms with Crippen molar-refractivity contribution in [1.82, 2.24) is 5.32 Å². The van der Waals surface area contributed by atoms with Crippen molar-refractivity contribution in [3.8, 4) is 0 Å². The average molecular weight is 419 g/mol. The Bertz CT molecular complexity index is 1050. The SMILES string of the molecule is Cc1ccccc1CNC(=O)CN(c1ccc(F)cc1)S(=O)(=O)c1cccs1. The molecular weight excluding hydrogens is 399 g/mol. The summed E-state index contributed by atoms with van der Waals surface area (Å²) >= 11 is 1.06. The number of nitrogens with zero attached hydrogens (tertiary/aromatic N) is 1. The minimum Gasteiger partial charge on any atom is -0.350 e. The highest BCUT2D eigenvalue weighted by atomic mass is 32.2. The standard InChI is InChI=1S/C20H19FN2O3S2/c1-15-5-2-3-6-16(15)13-22-19(24)14-23(18-10-8-17(21)9-11-18)28(25,26)20-7-4-12-27-20/h2-12H,13-14H2,1H3,(H,22,24). The summed E-state index contributed by atoms with van der Waals surface area (Å²) in [6, 6.07) is 15.7. The van der Waals surface area contributed by atoms with Crippen molar-refractivity contribution in [2.75, 3.05) is 10.8 Å². The third-order valence-electron chi connectivity index (χ3n) is 4.18.